The third-order valence-corrected chi connectivity index (χ3v) is 24.1. The number of rotatable bonds is 23. The van der Waals surface area contributed by atoms with Gasteiger partial charge in [-0.05, 0) is 145 Å². The highest BCUT2D eigenvalue weighted by Crippen LogP contribution is 2.60. The first kappa shape index (κ1) is 72.7. The van der Waals surface area contributed by atoms with Crippen LogP contribution in [0.25, 0.3) is 4.85 Å². The number of carbonyl (C=O) groups is 8. The van der Waals surface area contributed by atoms with Crippen LogP contribution in [-0.4, -0.2) is 138 Å². The Balaban J connectivity index is 0.000000188. The molecule has 17 unspecified atom stereocenters. The predicted octanol–water partition coefficient (Wildman–Crippen LogP) is 9.43. The molecule has 10 aliphatic rings. The number of esters is 1. The summed E-state index contributed by atoms with van der Waals surface area (Å²) < 4.78 is 27.4. The van der Waals surface area contributed by atoms with E-state index in [-0.39, 0.29) is 159 Å². The van der Waals surface area contributed by atoms with E-state index in [1.165, 1.54) is 45.6 Å². The molecule has 18 heteroatoms. The van der Waals surface area contributed by atoms with E-state index in [4.69, 9.17) is 30.3 Å². The van der Waals surface area contributed by atoms with Crippen molar-refractivity contribution in [3.63, 3.8) is 0 Å². The number of Topliss-reactive ketones (excluding diaryl/α,β-unsaturated/α-hetero) is 3. The lowest BCUT2D eigenvalue weighted by atomic mass is 9.49. The lowest BCUT2D eigenvalue weighted by molar-refractivity contribution is -0.158. The third-order valence-electron chi connectivity index (χ3n) is 24.1. The first-order valence-electron chi connectivity index (χ1n) is 33.5. The molecule has 4 amide bonds. The molecule has 8 saturated carbocycles. The van der Waals surface area contributed by atoms with Crippen molar-refractivity contribution in [1.29, 1.82) is 0 Å². The van der Waals surface area contributed by atoms with E-state index in [1.807, 2.05) is 62.3 Å². The molecule has 88 heavy (non-hydrogen) atoms. The maximum atomic E-state index is 12.4. The SMILES string of the molecule is CCC(C)(C)C(=O)NCC12CC3CC(CC(C3)C1)C2.CCC(C)(C)C(=O)NCC1C2CC(C(OC)C2C(=O)OC)C1C(C)=O.CCC(C)(C)C(=O)NCC1C2CC(OC)C(O2)C1C(C)=O.[C-]#[N+]C1C2CC(C1OC)C(C(C)=O)C2CNC(=O)C(C)(C)CC. The van der Waals surface area contributed by atoms with Crippen molar-refractivity contribution in [1.82, 2.24) is 21.3 Å². The average molecular weight is 1230 g/mol. The maximum absolute atomic E-state index is 12.4. The summed E-state index contributed by atoms with van der Waals surface area (Å²) in [5.74, 6) is 2.84. The van der Waals surface area contributed by atoms with Gasteiger partial charge in [-0.3, -0.25) is 38.4 Å². The normalized spacial score (nSPS) is 36.1. The average Bonchev–Trinajstić information content (AvgIpc) is 1.50. The molecule has 0 aromatic rings. The summed E-state index contributed by atoms with van der Waals surface area (Å²) in [6.45, 7) is 38.4. The summed E-state index contributed by atoms with van der Waals surface area (Å²) >= 11 is 0. The van der Waals surface area contributed by atoms with E-state index < -0.39 is 10.8 Å². The zero-order chi connectivity index (χ0) is 65.8. The fourth-order valence-corrected chi connectivity index (χ4v) is 17.7. The molecule has 8 aliphatic carbocycles. The number of nitrogens with zero attached hydrogens (tertiary/aromatic N) is 1. The van der Waals surface area contributed by atoms with Gasteiger partial charge in [0.2, 0.25) is 23.6 Å². The Labute approximate surface area is 528 Å². The number of fused-ring (bicyclic) bond motifs is 6. The number of carbonyl (C=O) groups excluding carboxylic acids is 8. The van der Waals surface area contributed by atoms with Crippen molar-refractivity contribution in [2.75, 3.05) is 54.6 Å². The summed E-state index contributed by atoms with van der Waals surface area (Å²) in [4.78, 5) is 102. The highest BCUT2D eigenvalue weighted by Gasteiger charge is 2.64. The molecule has 10 bridgehead atoms. The second-order valence-electron chi connectivity index (χ2n) is 30.9. The molecule has 17 atom stereocenters. The van der Waals surface area contributed by atoms with E-state index in [2.05, 4.69) is 46.9 Å². The minimum Gasteiger partial charge on any atom is -0.469 e. The molecule has 2 aliphatic heterocycles. The number of ketones is 3. The number of hydrogen-bond acceptors (Lipinski definition) is 13. The van der Waals surface area contributed by atoms with Crippen molar-refractivity contribution >= 4 is 46.9 Å². The molecule has 2 saturated heterocycles. The molecule has 10 rings (SSSR count). The van der Waals surface area contributed by atoms with Crippen molar-refractivity contribution < 1.29 is 62.0 Å². The van der Waals surface area contributed by atoms with Crippen LogP contribution in [0.5, 0.6) is 0 Å². The standard InChI is InChI=1S/C19H31NO5.C18H28N2O3.C17H29NO.C16H27NO4/c1-7-19(3,4)18(23)20-9-13-11-8-12(14(13)10(2)21)16(24-5)15(11)17(22)25-6;1-7-18(3,4)17(22)20-9-13-11-8-12(14(13)10(2)21)16(23-6)15(11)19-5;1-4-16(2,3)15(19)18-11-17-8-12-5-13(9-17)7-14(6-12)10-17;1-6-16(3,4)15(19)17-8-10-11-7-12(20-5)14(21-11)13(10)9(2)18/h11-16H,7-9H2,1-6H3,(H,20,23);11-16H,7-9H2,1-4,6H3,(H,20,22);12-14H,4-11H2,1-3H3,(H,18,19);10-14H,6-8H2,1-5H3,(H,17,19). The molecule has 2 heterocycles. The second kappa shape index (κ2) is 29.5. The van der Waals surface area contributed by atoms with Gasteiger partial charge >= 0.3 is 5.97 Å². The maximum Gasteiger partial charge on any atom is 0.311 e. The molecule has 0 spiro atoms. The smallest absolute Gasteiger partial charge is 0.311 e. The first-order valence-corrected chi connectivity index (χ1v) is 33.5. The quantitative estimate of drug-likeness (QED) is 0.0552. The molecule has 18 nitrogen and oxygen atoms in total. The minimum absolute atomic E-state index is 0.00124. The van der Waals surface area contributed by atoms with E-state index in [1.54, 1.807) is 42.1 Å². The molecule has 0 aromatic heterocycles. The molecule has 0 aromatic carbocycles. The molecule has 498 valence electrons. The van der Waals surface area contributed by atoms with Crippen molar-refractivity contribution in [2.45, 2.75) is 224 Å². The number of amides is 4. The van der Waals surface area contributed by atoms with Gasteiger partial charge < -0.3 is 49.8 Å². The van der Waals surface area contributed by atoms with Gasteiger partial charge in [0.25, 0.3) is 6.04 Å². The van der Waals surface area contributed by atoms with Crippen LogP contribution in [0.1, 0.15) is 187 Å². The van der Waals surface area contributed by atoms with Gasteiger partial charge in [-0.1, -0.05) is 83.1 Å². The summed E-state index contributed by atoms with van der Waals surface area (Å²) in [5.41, 5.74) is -0.965. The fraction of sp³-hybridized carbons (Fsp3) is 0.871. The highest BCUT2D eigenvalue weighted by molar-refractivity contribution is 5.85. The van der Waals surface area contributed by atoms with E-state index in [0.717, 1.165) is 69.2 Å². The van der Waals surface area contributed by atoms with Crippen LogP contribution in [0.4, 0.5) is 0 Å². The van der Waals surface area contributed by atoms with Crippen LogP contribution in [0.3, 0.4) is 0 Å². The number of ether oxygens (including phenoxy) is 5. The Morgan fingerprint density at radius 1 is 0.489 bits per heavy atom. The third kappa shape index (κ3) is 15.4. The van der Waals surface area contributed by atoms with E-state index >= 15 is 0 Å². The summed E-state index contributed by atoms with van der Waals surface area (Å²) in [6, 6.07) is -0.193. The van der Waals surface area contributed by atoms with Gasteiger partial charge in [-0.2, -0.15) is 0 Å². The zero-order valence-corrected chi connectivity index (χ0v) is 57.3. The van der Waals surface area contributed by atoms with Gasteiger partial charge in [-0.15, -0.1) is 0 Å². The van der Waals surface area contributed by atoms with Gasteiger partial charge in [0.15, 0.2) is 0 Å². The van der Waals surface area contributed by atoms with E-state index in [9.17, 15) is 38.4 Å². The van der Waals surface area contributed by atoms with Crippen LogP contribution in [0.2, 0.25) is 0 Å². The predicted molar refractivity (Wildman–Crippen MR) is 337 cm³/mol. The molecule has 10 fully saturated rings. The van der Waals surface area contributed by atoms with Gasteiger partial charge in [0.05, 0.1) is 43.4 Å². The van der Waals surface area contributed by atoms with Crippen molar-refractivity contribution in [3.05, 3.63) is 11.4 Å². The fourth-order valence-electron chi connectivity index (χ4n) is 17.7. The Kier molecular flexibility index (Phi) is 24.4. The van der Waals surface area contributed by atoms with Crippen LogP contribution in [0.15, 0.2) is 0 Å². The molecule has 0 radical (unpaired) electrons. The van der Waals surface area contributed by atoms with Crippen LogP contribution in [-0.2, 0) is 62.0 Å². The zero-order valence-electron chi connectivity index (χ0n) is 57.3. The Morgan fingerprint density at radius 3 is 1.25 bits per heavy atom. The van der Waals surface area contributed by atoms with Crippen LogP contribution in [0, 0.1) is 116 Å². The monoisotopic (exact) mass is 1230 g/mol. The molecule has 4 N–H and O–H groups in total. The highest BCUT2D eigenvalue weighted by atomic mass is 16.6. The van der Waals surface area contributed by atoms with Crippen LogP contribution >= 0.6 is 0 Å². The van der Waals surface area contributed by atoms with Gasteiger partial charge in [0, 0.05) is 105 Å². The minimum atomic E-state index is -0.444. The lowest BCUT2D eigenvalue weighted by Gasteiger charge is -2.57. The summed E-state index contributed by atoms with van der Waals surface area (Å²) in [5, 5.41) is 12.3. The number of nitrogens with one attached hydrogen (secondary N) is 4. The summed E-state index contributed by atoms with van der Waals surface area (Å²) in [6.07, 6.45) is 13.6. The van der Waals surface area contributed by atoms with Crippen LogP contribution < -0.4 is 21.3 Å². The second-order valence-corrected chi connectivity index (χ2v) is 30.9. The summed E-state index contributed by atoms with van der Waals surface area (Å²) in [7, 11) is 6.25. The Morgan fingerprint density at radius 2 is 0.875 bits per heavy atom. The number of hydrogen-bond donors (Lipinski definition) is 4. The van der Waals surface area contributed by atoms with Gasteiger partial charge in [-0.25, -0.2) is 6.57 Å². The topological polar surface area (TPSA) is 235 Å². The first-order chi connectivity index (χ1) is 41.2. The Bertz CT molecular complexity index is 2500. The largest absolute Gasteiger partial charge is 0.469 e. The Hall–Kier alpha value is -4.31. The van der Waals surface area contributed by atoms with E-state index in [0.29, 0.717) is 25.0 Å². The van der Waals surface area contributed by atoms with Crippen molar-refractivity contribution in [3.8, 4) is 0 Å². The molecular formula is C70H115N5O13. The van der Waals surface area contributed by atoms with Gasteiger partial charge in [0.1, 0.15) is 23.5 Å². The number of methoxy groups -OCH3 is 4. The van der Waals surface area contributed by atoms with Crippen molar-refractivity contribution in [2.24, 2.45) is 110 Å². The molecular weight excluding hydrogens is 1120 g/mol. The lowest BCUT2D eigenvalue weighted by Crippen LogP contribution is -2.52.